The SMILES string of the molecule is CC1=NC(I)C(C)=C2CC(NS(=O)(=O)c3ccccc3)CN12. The molecule has 0 aliphatic carbocycles. The lowest BCUT2D eigenvalue weighted by Gasteiger charge is -2.28. The topological polar surface area (TPSA) is 61.8 Å². The Hall–Kier alpha value is -0.930. The maximum absolute atomic E-state index is 12.4. The van der Waals surface area contributed by atoms with Crippen LogP contribution in [0.1, 0.15) is 20.3 Å². The minimum atomic E-state index is -3.48. The smallest absolute Gasteiger partial charge is 0.240 e. The first-order valence-corrected chi connectivity index (χ1v) is 9.84. The Morgan fingerprint density at radius 3 is 2.64 bits per heavy atom. The fourth-order valence-corrected chi connectivity index (χ4v) is 4.88. The van der Waals surface area contributed by atoms with Crippen LogP contribution in [0.25, 0.3) is 0 Å². The fourth-order valence-electron chi connectivity index (χ4n) is 2.87. The Morgan fingerprint density at radius 1 is 1.27 bits per heavy atom. The molecule has 0 saturated carbocycles. The van der Waals surface area contributed by atoms with E-state index in [9.17, 15) is 8.42 Å². The van der Waals surface area contributed by atoms with Gasteiger partial charge in [0.25, 0.3) is 0 Å². The molecular formula is C15H18IN3O2S. The highest BCUT2D eigenvalue weighted by atomic mass is 127. The standard InChI is InChI=1S/C15H18IN3O2S/c1-10-14-8-12(9-19(14)11(2)17-15(10)16)18-22(20,21)13-6-4-3-5-7-13/h3-7,12,15,18H,8-9H2,1-2H3. The van der Waals surface area contributed by atoms with Crippen LogP contribution in [-0.4, -0.2) is 35.8 Å². The summed E-state index contributed by atoms with van der Waals surface area (Å²) in [6.45, 7) is 4.69. The molecule has 2 aliphatic heterocycles. The zero-order valence-electron chi connectivity index (χ0n) is 12.5. The number of alkyl halides is 1. The van der Waals surface area contributed by atoms with Gasteiger partial charge in [0.15, 0.2) is 0 Å². The second kappa shape index (κ2) is 5.93. The van der Waals surface area contributed by atoms with Gasteiger partial charge in [-0.2, -0.15) is 0 Å². The molecule has 3 rings (SSSR count). The molecule has 2 heterocycles. The van der Waals surface area contributed by atoms with Crippen LogP contribution in [0, 0.1) is 0 Å². The average Bonchev–Trinajstić information content (AvgIpc) is 2.90. The number of hydrogen-bond donors (Lipinski definition) is 1. The number of aliphatic imine (C=N–C) groups is 1. The molecule has 1 aromatic rings. The Labute approximate surface area is 144 Å². The van der Waals surface area contributed by atoms with Crippen LogP contribution >= 0.6 is 22.6 Å². The van der Waals surface area contributed by atoms with Gasteiger partial charge in [-0.3, -0.25) is 4.99 Å². The first-order valence-electron chi connectivity index (χ1n) is 7.11. The minimum absolute atomic E-state index is 0.123. The number of nitrogens with one attached hydrogen (secondary N) is 1. The monoisotopic (exact) mass is 431 g/mol. The molecule has 0 radical (unpaired) electrons. The van der Waals surface area contributed by atoms with E-state index >= 15 is 0 Å². The van der Waals surface area contributed by atoms with Gasteiger partial charge in [-0.25, -0.2) is 13.1 Å². The average molecular weight is 431 g/mol. The van der Waals surface area contributed by atoms with E-state index in [0.717, 1.165) is 5.84 Å². The van der Waals surface area contributed by atoms with E-state index in [2.05, 4.69) is 44.1 Å². The Morgan fingerprint density at radius 2 is 1.95 bits per heavy atom. The minimum Gasteiger partial charge on any atom is -0.332 e. The van der Waals surface area contributed by atoms with Crippen molar-refractivity contribution in [3.8, 4) is 0 Å². The summed E-state index contributed by atoms with van der Waals surface area (Å²) in [4.78, 5) is 7.03. The first kappa shape index (κ1) is 15.9. The van der Waals surface area contributed by atoms with Gasteiger partial charge in [-0.05, 0) is 31.6 Å². The third-order valence-corrected chi connectivity index (χ3v) is 6.80. The highest BCUT2D eigenvalue weighted by Crippen LogP contribution is 2.33. The number of rotatable bonds is 3. The van der Waals surface area contributed by atoms with E-state index in [1.54, 1.807) is 24.3 Å². The molecule has 1 N–H and O–H groups in total. The molecule has 1 saturated heterocycles. The van der Waals surface area contributed by atoms with Gasteiger partial charge in [-0.15, -0.1) is 0 Å². The summed E-state index contributed by atoms with van der Waals surface area (Å²) >= 11 is 2.31. The lowest BCUT2D eigenvalue weighted by Crippen LogP contribution is -2.38. The van der Waals surface area contributed by atoms with Gasteiger partial charge in [0.05, 0.1) is 4.90 Å². The Bertz CT molecular complexity index is 743. The van der Waals surface area contributed by atoms with E-state index in [-0.39, 0.29) is 10.1 Å². The van der Waals surface area contributed by atoms with Crippen LogP contribution in [0.5, 0.6) is 0 Å². The highest BCUT2D eigenvalue weighted by molar-refractivity contribution is 14.1. The number of nitrogens with zero attached hydrogens (tertiary/aromatic N) is 2. The molecule has 1 aromatic carbocycles. The van der Waals surface area contributed by atoms with Crippen LogP contribution in [0.3, 0.4) is 0 Å². The Kier molecular flexibility index (Phi) is 4.30. The molecule has 0 bridgehead atoms. The summed E-state index contributed by atoms with van der Waals surface area (Å²) in [6.07, 6.45) is 0.713. The number of hydrogen-bond acceptors (Lipinski definition) is 4. The molecule has 2 atom stereocenters. The van der Waals surface area contributed by atoms with Crippen LogP contribution < -0.4 is 4.72 Å². The van der Waals surface area contributed by atoms with Crippen LogP contribution in [-0.2, 0) is 10.0 Å². The van der Waals surface area contributed by atoms with Gasteiger partial charge >= 0.3 is 0 Å². The lowest BCUT2D eigenvalue weighted by molar-refractivity contribution is 0.515. The molecule has 1 fully saturated rings. The molecule has 0 spiro atoms. The van der Waals surface area contributed by atoms with Crippen LogP contribution in [0.4, 0.5) is 0 Å². The summed E-state index contributed by atoms with van der Waals surface area (Å²) in [5.74, 6) is 0.960. The van der Waals surface area contributed by atoms with Crippen molar-refractivity contribution in [1.82, 2.24) is 9.62 Å². The van der Waals surface area contributed by atoms with Crippen molar-refractivity contribution in [2.24, 2.45) is 4.99 Å². The van der Waals surface area contributed by atoms with E-state index in [1.165, 1.54) is 11.3 Å². The first-order chi connectivity index (χ1) is 10.4. The predicted octanol–water partition coefficient (Wildman–Crippen LogP) is 2.51. The van der Waals surface area contributed by atoms with Crippen molar-refractivity contribution in [1.29, 1.82) is 0 Å². The summed E-state index contributed by atoms with van der Waals surface area (Å²) < 4.78 is 27.9. The van der Waals surface area contributed by atoms with Crippen LogP contribution in [0.2, 0.25) is 0 Å². The molecular weight excluding hydrogens is 413 g/mol. The van der Waals surface area contributed by atoms with Crippen molar-refractivity contribution in [3.05, 3.63) is 41.6 Å². The van der Waals surface area contributed by atoms with Crippen molar-refractivity contribution >= 4 is 38.4 Å². The van der Waals surface area contributed by atoms with E-state index in [0.29, 0.717) is 17.9 Å². The van der Waals surface area contributed by atoms with Gasteiger partial charge in [0, 0.05) is 24.7 Å². The second-order valence-corrected chi connectivity index (χ2v) is 8.48. The van der Waals surface area contributed by atoms with Crippen LogP contribution in [0.15, 0.2) is 51.5 Å². The van der Waals surface area contributed by atoms with Crippen molar-refractivity contribution in [2.45, 2.75) is 35.3 Å². The molecule has 7 heteroatoms. The number of fused-ring (bicyclic) bond motifs is 1. The zero-order chi connectivity index (χ0) is 15.9. The molecule has 118 valence electrons. The van der Waals surface area contributed by atoms with Gasteiger partial charge in [0.2, 0.25) is 10.0 Å². The van der Waals surface area contributed by atoms with E-state index < -0.39 is 10.0 Å². The Balaban J connectivity index is 1.81. The fraction of sp³-hybridized carbons (Fsp3) is 0.400. The number of halogens is 1. The summed E-state index contributed by atoms with van der Waals surface area (Å²) in [6, 6.07) is 8.38. The van der Waals surface area contributed by atoms with Gasteiger partial charge in [-0.1, -0.05) is 40.8 Å². The maximum atomic E-state index is 12.4. The lowest BCUT2D eigenvalue weighted by atomic mass is 10.1. The zero-order valence-corrected chi connectivity index (χ0v) is 15.4. The third kappa shape index (κ3) is 2.93. The summed E-state index contributed by atoms with van der Waals surface area (Å²) in [5, 5.41) is 0. The molecule has 5 nitrogen and oxygen atoms in total. The van der Waals surface area contributed by atoms with Gasteiger partial charge < -0.3 is 4.90 Å². The predicted molar refractivity (Wildman–Crippen MR) is 95.5 cm³/mol. The normalized spacial score (nSPS) is 25.2. The van der Waals surface area contributed by atoms with E-state index in [4.69, 9.17) is 0 Å². The quantitative estimate of drug-likeness (QED) is 0.455. The third-order valence-electron chi connectivity index (χ3n) is 4.05. The number of amidine groups is 1. The summed E-state index contributed by atoms with van der Waals surface area (Å²) in [5.41, 5.74) is 2.42. The molecule has 2 unspecified atom stereocenters. The highest BCUT2D eigenvalue weighted by Gasteiger charge is 2.35. The molecule has 0 amide bonds. The maximum Gasteiger partial charge on any atom is 0.240 e. The summed E-state index contributed by atoms with van der Waals surface area (Å²) in [7, 11) is -3.48. The van der Waals surface area contributed by atoms with Crippen molar-refractivity contribution in [3.63, 3.8) is 0 Å². The molecule has 0 aromatic heterocycles. The second-order valence-electron chi connectivity index (χ2n) is 5.59. The van der Waals surface area contributed by atoms with Gasteiger partial charge in [0.1, 0.15) is 9.88 Å². The van der Waals surface area contributed by atoms with Crippen molar-refractivity contribution in [2.75, 3.05) is 6.54 Å². The molecule has 2 aliphatic rings. The van der Waals surface area contributed by atoms with Crippen molar-refractivity contribution < 1.29 is 8.42 Å². The number of benzene rings is 1. The van der Waals surface area contributed by atoms with E-state index in [1.807, 2.05) is 13.0 Å². The molecule has 22 heavy (non-hydrogen) atoms. The number of sulfonamides is 1. The largest absolute Gasteiger partial charge is 0.332 e.